The second-order valence-electron chi connectivity index (χ2n) is 5.83. The zero-order valence-corrected chi connectivity index (χ0v) is 17.0. The van der Waals surface area contributed by atoms with Crippen LogP contribution in [0.5, 0.6) is 5.75 Å². The Morgan fingerprint density at radius 3 is 2.86 bits per heavy atom. The van der Waals surface area contributed by atoms with Gasteiger partial charge in [0.05, 0.1) is 10.9 Å². The van der Waals surface area contributed by atoms with Gasteiger partial charge in [-0.05, 0) is 50.9 Å². The van der Waals surface area contributed by atoms with E-state index in [1.54, 1.807) is 18.2 Å². The molecule has 0 amide bonds. The van der Waals surface area contributed by atoms with Gasteiger partial charge in [-0.15, -0.1) is 0 Å². The van der Waals surface area contributed by atoms with Gasteiger partial charge in [-0.1, -0.05) is 28.0 Å². The molecule has 11 heteroatoms. The first-order valence-corrected chi connectivity index (χ1v) is 9.36. The minimum absolute atomic E-state index is 0.115. The maximum absolute atomic E-state index is 13.4. The van der Waals surface area contributed by atoms with Crippen molar-refractivity contribution in [1.29, 1.82) is 0 Å². The highest BCUT2D eigenvalue weighted by Gasteiger charge is 2.21. The minimum atomic E-state index is -0.417. The summed E-state index contributed by atoms with van der Waals surface area (Å²) in [5.74, 6) is -0.469. The Kier molecular flexibility index (Phi) is 6.89. The van der Waals surface area contributed by atoms with Gasteiger partial charge < -0.3 is 9.94 Å². The van der Waals surface area contributed by atoms with Crippen molar-refractivity contribution >= 4 is 39.0 Å². The Labute approximate surface area is 177 Å². The highest BCUT2D eigenvalue weighted by Crippen LogP contribution is 2.21. The van der Waals surface area contributed by atoms with Gasteiger partial charge in [0.25, 0.3) is 0 Å². The van der Waals surface area contributed by atoms with E-state index in [2.05, 4.69) is 36.4 Å². The van der Waals surface area contributed by atoms with Crippen LogP contribution in [0.3, 0.4) is 0 Å². The molecular formula is C18H13BrClFN4O4. The molecule has 1 aromatic carbocycles. The number of ether oxygens (including phenoxy) is 1. The lowest BCUT2D eigenvalue weighted by molar-refractivity contribution is -0.120. The number of oxime groups is 1. The SMILES string of the molecule is O=C(COc1cccnc1Cl)Cc1nonc1C(Cc1ccc(F)c(Br)c1)=NO. The Hall–Kier alpha value is -2.85. The Balaban J connectivity index is 1.68. The lowest BCUT2D eigenvalue weighted by Gasteiger charge is -2.06. The largest absolute Gasteiger partial charge is 0.483 e. The second-order valence-corrected chi connectivity index (χ2v) is 7.04. The zero-order valence-electron chi connectivity index (χ0n) is 14.7. The fraction of sp³-hybridized carbons (Fsp3) is 0.167. The van der Waals surface area contributed by atoms with Gasteiger partial charge in [0, 0.05) is 12.6 Å². The Morgan fingerprint density at radius 1 is 1.31 bits per heavy atom. The zero-order chi connectivity index (χ0) is 20.8. The first-order chi connectivity index (χ1) is 14.0. The van der Waals surface area contributed by atoms with E-state index in [1.165, 1.54) is 18.3 Å². The molecule has 0 bridgehead atoms. The quantitative estimate of drug-likeness (QED) is 0.225. The summed E-state index contributed by atoms with van der Waals surface area (Å²) in [4.78, 5) is 16.1. The van der Waals surface area contributed by atoms with Crippen molar-refractivity contribution in [2.45, 2.75) is 12.8 Å². The van der Waals surface area contributed by atoms with Gasteiger partial charge >= 0.3 is 0 Å². The number of hydrogen-bond acceptors (Lipinski definition) is 8. The van der Waals surface area contributed by atoms with E-state index in [1.807, 2.05) is 0 Å². The number of carbonyl (C=O) groups is 1. The van der Waals surface area contributed by atoms with Crippen LogP contribution >= 0.6 is 27.5 Å². The van der Waals surface area contributed by atoms with Crippen LogP contribution in [-0.4, -0.2) is 38.6 Å². The van der Waals surface area contributed by atoms with E-state index in [0.717, 1.165) is 0 Å². The predicted molar refractivity (Wildman–Crippen MR) is 104 cm³/mol. The number of hydrogen-bond donors (Lipinski definition) is 1. The van der Waals surface area contributed by atoms with Crippen LogP contribution in [0.15, 0.2) is 50.8 Å². The molecule has 0 aliphatic carbocycles. The van der Waals surface area contributed by atoms with Crippen molar-refractivity contribution < 1.29 is 23.8 Å². The van der Waals surface area contributed by atoms with Crippen LogP contribution in [-0.2, 0) is 17.6 Å². The number of pyridine rings is 1. The number of ketones is 1. The van der Waals surface area contributed by atoms with E-state index in [9.17, 15) is 14.4 Å². The van der Waals surface area contributed by atoms with Crippen molar-refractivity contribution in [2.24, 2.45) is 5.16 Å². The summed E-state index contributed by atoms with van der Waals surface area (Å²) in [7, 11) is 0. The van der Waals surface area contributed by atoms with Gasteiger partial charge in [-0.2, -0.15) is 0 Å². The van der Waals surface area contributed by atoms with Crippen molar-refractivity contribution in [3.63, 3.8) is 0 Å². The van der Waals surface area contributed by atoms with Crippen LogP contribution in [0.2, 0.25) is 5.15 Å². The van der Waals surface area contributed by atoms with Gasteiger partial charge in [-0.3, -0.25) is 4.79 Å². The summed E-state index contributed by atoms with van der Waals surface area (Å²) < 4.78 is 23.7. The average molecular weight is 484 g/mol. The standard InChI is InChI=1S/C18H13BrClFN4O4/c19-12-6-10(3-4-13(12)21)7-14(23-27)17-15(24-29-25-17)8-11(26)9-28-16-2-1-5-22-18(16)20/h1-6,27H,7-9H2. The maximum atomic E-state index is 13.4. The van der Waals surface area contributed by atoms with Crippen molar-refractivity contribution in [3.8, 4) is 5.75 Å². The van der Waals surface area contributed by atoms with Crippen molar-refractivity contribution in [1.82, 2.24) is 15.3 Å². The van der Waals surface area contributed by atoms with Crippen molar-refractivity contribution in [3.05, 3.63) is 68.9 Å². The van der Waals surface area contributed by atoms with Crippen molar-refractivity contribution in [2.75, 3.05) is 6.61 Å². The third-order valence-corrected chi connectivity index (χ3v) is 4.68. The molecular weight excluding hydrogens is 471 g/mol. The fourth-order valence-corrected chi connectivity index (χ4v) is 3.03. The highest BCUT2D eigenvalue weighted by molar-refractivity contribution is 9.10. The van der Waals surface area contributed by atoms with Gasteiger partial charge in [0.2, 0.25) is 0 Å². The number of rotatable bonds is 8. The molecule has 0 fully saturated rings. The molecule has 3 aromatic rings. The summed E-state index contributed by atoms with van der Waals surface area (Å²) in [6.07, 6.45) is 1.45. The van der Waals surface area contributed by atoms with Gasteiger partial charge in [-0.25, -0.2) is 14.0 Å². The number of Topliss-reactive ketones (excluding diaryl/α,β-unsaturated/α-hetero) is 1. The smallest absolute Gasteiger partial charge is 0.176 e. The normalized spacial score (nSPS) is 11.5. The lowest BCUT2D eigenvalue weighted by atomic mass is 10.0. The molecule has 0 atom stereocenters. The molecule has 0 spiro atoms. The second kappa shape index (κ2) is 9.57. The fourth-order valence-electron chi connectivity index (χ4n) is 2.43. The Bertz CT molecular complexity index is 1060. The number of benzene rings is 1. The third kappa shape index (κ3) is 5.36. The number of aromatic nitrogens is 3. The van der Waals surface area contributed by atoms with Crippen LogP contribution in [0, 0.1) is 5.82 Å². The molecule has 1 N–H and O–H groups in total. The number of halogens is 3. The van der Waals surface area contributed by atoms with Crippen LogP contribution in [0.1, 0.15) is 17.0 Å². The van der Waals surface area contributed by atoms with E-state index in [0.29, 0.717) is 5.56 Å². The van der Waals surface area contributed by atoms with Crippen LogP contribution < -0.4 is 4.74 Å². The molecule has 2 heterocycles. The summed E-state index contributed by atoms with van der Waals surface area (Å²) >= 11 is 8.98. The topological polar surface area (TPSA) is 111 Å². The van der Waals surface area contributed by atoms with Crippen LogP contribution in [0.25, 0.3) is 0 Å². The molecule has 8 nitrogen and oxygen atoms in total. The number of carbonyl (C=O) groups excluding carboxylic acids is 1. The predicted octanol–water partition coefficient (Wildman–Crippen LogP) is 3.63. The first-order valence-electron chi connectivity index (χ1n) is 8.19. The van der Waals surface area contributed by atoms with Gasteiger partial charge in [0.15, 0.2) is 22.4 Å². The van der Waals surface area contributed by atoms with E-state index in [-0.39, 0.29) is 57.7 Å². The van der Waals surface area contributed by atoms with Crippen LogP contribution in [0.4, 0.5) is 4.39 Å². The molecule has 2 aromatic heterocycles. The molecule has 29 heavy (non-hydrogen) atoms. The number of nitrogens with zero attached hydrogens (tertiary/aromatic N) is 4. The molecule has 0 aliphatic heterocycles. The molecule has 0 saturated heterocycles. The molecule has 0 radical (unpaired) electrons. The lowest BCUT2D eigenvalue weighted by Crippen LogP contribution is -2.17. The molecule has 0 saturated carbocycles. The molecule has 0 aliphatic rings. The summed E-state index contributed by atoms with van der Waals surface area (Å²) in [6.45, 7) is -0.270. The van der Waals surface area contributed by atoms with E-state index in [4.69, 9.17) is 21.0 Å². The third-order valence-electron chi connectivity index (χ3n) is 3.78. The maximum Gasteiger partial charge on any atom is 0.176 e. The summed E-state index contributed by atoms with van der Waals surface area (Å²) in [5, 5.41) is 20.2. The average Bonchev–Trinajstić information content (AvgIpc) is 3.16. The molecule has 3 rings (SSSR count). The molecule has 0 unspecified atom stereocenters. The summed E-state index contributed by atoms with van der Waals surface area (Å²) in [6, 6.07) is 7.58. The summed E-state index contributed by atoms with van der Waals surface area (Å²) in [5.41, 5.74) is 1.08. The minimum Gasteiger partial charge on any atom is -0.483 e. The Morgan fingerprint density at radius 2 is 2.14 bits per heavy atom. The monoisotopic (exact) mass is 482 g/mol. The van der Waals surface area contributed by atoms with Gasteiger partial charge in [0.1, 0.15) is 23.8 Å². The highest BCUT2D eigenvalue weighted by atomic mass is 79.9. The first kappa shape index (κ1) is 20.9. The van der Waals surface area contributed by atoms with E-state index < -0.39 is 5.82 Å². The molecule has 150 valence electrons. The van der Waals surface area contributed by atoms with E-state index >= 15 is 0 Å².